The Labute approximate surface area is 104 Å². The first-order valence-corrected chi connectivity index (χ1v) is 6.28. The number of Topliss-reactive ketones (excluding diaryl/α,β-unsaturated/α-hetero) is 1. The van der Waals surface area contributed by atoms with Crippen molar-refractivity contribution in [1.29, 1.82) is 0 Å². The number of ketones is 1. The summed E-state index contributed by atoms with van der Waals surface area (Å²) in [5, 5.41) is 0. The zero-order chi connectivity index (χ0) is 10.8. The van der Waals surface area contributed by atoms with E-state index in [4.69, 9.17) is 0 Å². The summed E-state index contributed by atoms with van der Waals surface area (Å²) in [4.78, 5) is 13.7. The Morgan fingerprint density at radius 2 is 2.00 bits per heavy atom. The van der Waals surface area contributed by atoms with Gasteiger partial charge in [-0.2, -0.15) is 0 Å². The van der Waals surface area contributed by atoms with Crippen LogP contribution in [-0.4, -0.2) is 18.9 Å². The molecule has 1 aromatic rings. The van der Waals surface area contributed by atoms with E-state index in [0.717, 1.165) is 13.1 Å². The number of hydrogen-bond donors (Lipinski definition) is 0. The van der Waals surface area contributed by atoms with Gasteiger partial charge in [-0.1, -0.05) is 6.92 Å². The van der Waals surface area contributed by atoms with Gasteiger partial charge in [-0.15, -0.1) is 0 Å². The molecule has 0 N–H and O–H groups in total. The summed E-state index contributed by atoms with van der Waals surface area (Å²) in [6.07, 6.45) is 0.688. The first-order valence-electron chi connectivity index (χ1n) is 5.20. The molecule has 1 fully saturated rings. The molecule has 2 rings (SSSR count). The molecule has 1 atom stereocenters. The SMILES string of the molecule is CC1CN(c2ccc(I)cc2)CCC1=O. The molecule has 1 aromatic carbocycles. The van der Waals surface area contributed by atoms with Crippen LogP contribution < -0.4 is 4.90 Å². The summed E-state index contributed by atoms with van der Waals surface area (Å²) >= 11 is 2.30. The fraction of sp³-hybridized carbons (Fsp3) is 0.417. The average Bonchev–Trinajstić information content (AvgIpc) is 2.23. The molecule has 0 bridgehead atoms. The second-order valence-electron chi connectivity index (χ2n) is 4.04. The standard InChI is InChI=1S/C12H14INO/c1-9-8-14(7-6-12(9)15)11-4-2-10(13)3-5-11/h2-5,9H,6-8H2,1H3. The molecule has 3 heteroatoms. The van der Waals surface area contributed by atoms with E-state index in [1.165, 1.54) is 9.26 Å². The van der Waals surface area contributed by atoms with E-state index in [2.05, 4.69) is 51.8 Å². The lowest BCUT2D eigenvalue weighted by atomic mass is 9.98. The Balaban J connectivity index is 2.12. The van der Waals surface area contributed by atoms with Crippen molar-refractivity contribution in [3.05, 3.63) is 27.8 Å². The van der Waals surface area contributed by atoms with Gasteiger partial charge in [0.1, 0.15) is 5.78 Å². The molecule has 1 saturated heterocycles. The summed E-state index contributed by atoms with van der Waals surface area (Å²) < 4.78 is 1.25. The van der Waals surface area contributed by atoms with Crippen molar-refractivity contribution < 1.29 is 4.79 Å². The molecule has 15 heavy (non-hydrogen) atoms. The number of carbonyl (C=O) groups is 1. The van der Waals surface area contributed by atoms with Crippen molar-refractivity contribution in [3.8, 4) is 0 Å². The van der Waals surface area contributed by atoms with Gasteiger partial charge in [0.15, 0.2) is 0 Å². The van der Waals surface area contributed by atoms with Gasteiger partial charge in [0.2, 0.25) is 0 Å². The number of anilines is 1. The largest absolute Gasteiger partial charge is 0.370 e. The zero-order valence-corrected chi connectivity index (χ0v) is 10.9. The highest BCUT2D eigenvalue weighted by molar-refractivity contribution is 14.1. The van der Waals surface area contributed by atoms with Crippen LogP contribution in [0.15, 0.2) is 24.3 Å². The van der Waals surface area contributed by atoms with Crippen LogP contribution in [0.5, 0.6) is 0 Å². The zero-order valence-electron chi connectivity index (χ0n) is 8.74. The first-order chi connectivity index (χ1) is 7.16. The lowest BCUT2D eigenvalue weighted by Crippen LogP contribution is -2.39. The Kier molecular flexibility index (Phi) is 3.29. The smallest absolute Gasteiger partial charge is 0.139 e. The minimum Gasteiger partial charge on any atom is -0.370 e. The van der Waals surface area contributed by atoms with Crippen LogP contribution in [0.2, 0.25) is 0 Å². The van der Waals surface area contributed by atoms with Crippen molar-refractivity contribution in [3.63, 3.8) is 0 Å². The number of halogens is 1. The van der Waals surface area contributed by atoms with Gasteiger partial charge in [-0.3, -0.25) is 4.79 Å². The van der Waals surface area contributed by atoms with Crippen LogP contribution in [-0.2, 0) is 4.79 Å². The maximum Gasteiger partial charge on any atom is 0.139 e. The van der Waals surface area contributed by atoms with E-state index in [1.807, 2.05) is 6.92 Å². The number of benzene rings is 1. The van der Waals surface area contributed by atoms with Crippen molar-refractivity contribution >= 4 is 34.1 Å². The number of nitrogens with zero attached hydrogens (tertiary/aromatic N) is 1. The van der Waals surface area contributed by atoms with Crippen molar-refractivity contribution in [2.24, 2.45) is 5.92 Å². The van der Waals surface area contributed by atoms with Gasteiger partial charge < -0.3 is 4.90 Å². The van der Waals surface area contributed by atoms with Crippen LogP contribution in [0, 0.1) is 9.49 Å². The van der Waals surface area contributed by atoms with Gasteiger partial charge in [-0.05, 0) is 46.9 Å². The molecular weight excluding hydrogens is 301 g/mol. The Bertz CT molecular complexity index is 360. The third-order valence-corrected chi connectivity index (χ3v) is 3.58. The molecule has 0 amide bonds. The summed E-state index contributed by atoms with van der Waals surface area (Å²) in [6.45, 7) is 3.74. The summed E-state index contributed by atoms with van der Waals surface area (Å²) in [7, 11) is 0. The average molecular weight is 315 g/mol. The van der Waals surface area contributed by atoms with Gasteiger partial charge in [-0.25, -0.2) is 0 Å². The summed E-state index contributed by atoms with van der Waals surface area (Å²) in [6, 6.07) is 8.47. The van der Waals surface area contributed by atoms with Crippen LogP contribution in [0.4, 0.5) is 5.69 Å². The lowest BCUT2D eigenvalue weighted by Gasteiger charge is -2.31. The van der Waals surface area contributed by atoms with E-state index < -0.39 is 0 Å². The predicted molar refractivity (Wildman–Crippen MR) is 70.2 cm³/mol. The molecule has 1 heterocycles. The second kappa shape index (κ2) is 4.51. The highest BCUT2D eigenvalue weighted by atomic mass is 127. The van der Waals surface area contributed by atoms with E-state index in [1.54, 1.807) is 0 Å². The molecule has 80 valence electrons. The van der Waals surface area contributed by atoms with Crippen LogP contribution >= 0.6 is 22.6 Å². The van der Waals surface area contributed by atoms with E-state index in [0.29, 0.717) is 12.2 Å². The lowest BCUT2D eigenvalue weighted by molar-refractivity contribution is -0.122. The molecular formula is C12H14INO. The molecule has 0 aliphatic carbocycles. The molecule has 1 unspecified atom stereocenters. The molecule has 2 nitrogen and oxygen atoms in total. The number of rotatable bonds is 1. The predicted octanol–water partition coefficient (Wildman–Crippen LogP) is 2.71. The van der Waals surface area contributed by atoms with Crippen LogP contribution in [0.3, 0.4) is 0 Å². The number of carbonyl (C=O) groups excluding carboxylic acids is 1. The molecule has 0 radical (unpaired) electrons. The Hall–Kier alpha value is -0.580. The highest BCUT2D eigenvalue weighted by Crippen LogP contribution is 2.21. The summed E-state index contributed by atoms with van der Waals surface area (Å²) in [5.74, 6) is 0.579. The number of hydrogen-bond acceptors (Lipinski definition) is 2. The molecule has 0 spiro atoms. The van der Waals surface area contributed by atoms with Crippen LogP contribution in [0.25, 0.3) is 0 Å². The van der Waals surface area contributed by atoms with E-state index in [-0.39, 0.29) is 5.92 Å². The quantitative estimate of drug-likeness (QED) is 0.743. The van der Waals surface area contributed by atoms with E-state index >= 15 is 0 Å². The molecule has 0 saturated carbocycles. The van der Waals surface area contributed by atoms with Crippen molar-refractivity contribution in [1.82, 2.24) is 0 Å². The van der Waals surface area contributed by atoms with Crippen molar-refractivity contribution in [2.45, 2.75) is 13.3 Å². The highest BCUT2D eigenvalue weighted by Gasteiger charge is 2.23. The first kappa shape index (κ1) is 10.9. The van der Waals surface area contributed by atoms with E-state index in [9.17, 15) is 4.79 Å². The third-order valence-electron chi connectivity index (χ3n) is 2.86. The maximum atomic E-state index is 11.4. The molecule has 1 aliphatic rings. The second-order valence-corrected chi connectivity index (χ2v) is 5.29. The maximum absolute atomic E-state index is 11.4. The monoisotopic (exact) mass is 315 g/mol. The molecule has 1 aliphatic heterocycles. The van der Waals surface area contributed by atoms with Gasteiger partial charge in [0.05, 0.1) is 0 Å². The minimum atomic E-state index is 0.179. The minimum absolute atomic E-state index is 0.179. The number of piperidine rings is 1. The van der Waals surface area contributed by atoms with Crippen LogP contribution in [0.1, 0.15) is 13.3 Å². The topological polar surface area (TPSA) is 20.3 Å². The normalized spacial score (nSPS) is 21.9. The summed E-state index contributed by atoms with van der Waals surface area (Å²) in [5.41, 5.74) is 1.23. The van der Waals surface area contributed by atoms with Gasteiger partial charge >= 0.3 is 0 Å². The molecule has 0 aromatic heterocycles. The van der Waals surface area contributed by atoms with Gasteiger partial charge in [0, 0.05) is 34.7 Å². The third kappa shape index (κ3) is 2.51. The Morgan fingerprint density at radius 1 is 1.33 bits per heavy atom. The fourth-order valence-electron chi connectivity index (χ4n) is 1.90. The van der Waals surface area contributed by atoms with Gasteiger partial charge in [0.25, 0.3) is 0 Å². The van der Waals surface area contributed by atoms with Crippen molar-refractivity contribution in [2.75, 3.05) is 18.0 Å². The fourth-order valence-corrected chi connectivity index (χ4v) is 2.26. The Morgan fingerprint density at radius 3 is 2.60 bits per heavy atom.